The van der Waals surface area contributed by atoms with E-state index in [4.69, 9.17) is 21.4 Å². The lowest BCUT2D eigenvalue weighted by atomic mass is 10.1. The van der Waals surface area contributed by atoms with E-state index < -0.39 is 6.09 Å². The molecule has 1 aliphatic rings. The number of hydrogen-bond acceptors (Lipinski definition) is 6. The Morgan fingerprint density at radius 1 is 1.18 bits per heavy atom. The number of amides is 2. The molecule has 2 heterocycles. The average molecular weight is 501 g/mol. The van der Waals surface area contributed by atoms with Crippen molar-refractivity contribution in [2.24, 2.45) is 0 Å². The van der Waals surface area contributed by atoms with Crippen molar-refractivity contribution >= 4 is 45.8 Å². The van der Waals surface area contributed by atoms with Gasteiger partial charge in [-0.3, -0.25) is 4.79 Å². The molecule has 1 aromatic heterocycles. The summed E-state index contributed by atoms with van der Waals surface area (Å²) in [5.74, 6) is 0.588. The van der Waals surface area contributed by atoms with Crippen LogP contribution < -0.4 is 15.0 Å². The normalized spacial score (nSPS) is 14.0. The van der Waals surface area contributed by atoms with E-state index in [1.807, 2.05) is 36.4 Å². The number of piperidine rings is 1. The highest BCUT2D eigenvalue weighted by molar-refractivity contribution is 7.17. The minimum Gasteiger partial charge on any atom is -0.497 e. The van der Waals surface area contributed by atoms with E-state index in [1.165, 1.54) is 16.2 Å². The van der Waals surface area contributed by atoms with Crippen molar-refractivity contribution in [1.82, 2.24) is 9.88 Å². The molecule has 4 rings (SSSR count). The average Bonchev–Trinajstić information content (AvgIpc) is 3.32. The van der Waals surface area contributed by atoms with E-state index in [0.717, 1.165) is 17.0 Å². The van der Waals surface area contributed by atoms with Crippen molar-refractivity contribution in [1.29, 1.82) is 0 Å². The summed E-state index contributed by atoms with van der Waals surface area (Å²) in [5.41, 5.74) is 1.69. The van der Waals surface area contributed by atoms with Crippen molar-refractivity contribution in [2.75, 3.05) is 30.4 Å². The van der Waals surface area contributed by atoms with Gasteiger partial charge in [0.2, 0.25) is 0 Å². The van der Waals surface area contributed by atoms with E-state index in [1.54, 1.807) is 30.3 Å². The molecule has 3 aromatic rings. The van der Waals surface area contributed by atoms with E-state index in [9.17, 15) is 9.59 Å². The first-order chi connectivity index (χ1) is 16.4. The van der Waals surface area contributed by atoms with E-state index in [-0.39, 0.29) is 11.9 Å². The molecule has 2 amide bonds. The van der Waals surface area contributed by atoms with Gasteiger partial charge in [0.1, 0.15) is 10.6 Å². The monoisotopic (exact) mass is 500 g/mol. The number of rotatable bonds is 7. The second-order valence-electron chi connectivity index (χ2n) is 7.93. The zero-order chi connectivity index (χ0) is 24.1. The number of anilines is 2. The molecule has 0 aliphatic carbocycles. The Balaban J connectivity index is 1.49. The number of nitrogens with zero attached hydrogens (tertiary/aromatic N) is 3. The molecule has 178 valence electrons. The lowest BCUT2D eigenvalue weighted by Crippen LogP contribution is -2.41. The van der Waals surface area contributed by atoms with Crippen LogP contribution in [0.2, 0.25) is 5.02 Å². The minimum atomic E-state index is -0.889. The molecule has 1 fully saturated rings. The van der Waals surface area contributed by atoms with E-state index in [2.05, 4.69) is 10.3 Å². The first-order valence-corrected chi connectivity index (χ1v) is 12.0. The van der Waals surface area contributed by atoms with Crippen LogP contribution in [-0.2, 0) is 6.54 Å². The summed E-state index contributed by atoms with van der Waals surface area (Å²) in [6.45, 7) is 1.34. The lowest BCUT2D eigenvalue weighted by Gasteiger charge is -2.30. The molecule has 10 heteroatoms. The number of halogens is 1. The maximum atomic E-state index is 13.5. The number of carbonyl (C=O) groups excluding carboxylic acids is 1. The fourth-order valence-corrected chi connectivity index (χ4v) is 4.75. The van der Waals surface area contributed by atoms with Crippen LogP contribution >= 0.6 is 22.9 Å². The van der Waals surface area contributed by atoms with Crippen LogP contribution in [0.4, 0.5) is 15.6 Å². The Labute approximate surface area is 206 Å². The topological polar surface area (TPSA) is 95.0 Å². The van der Waals surface area contributed by atoms with Gasteiger partial charge in [0, 0.05) is 29.8 Å². The van der Waals surface area contributed by atoms with Crippen LogP contribution in [0.25, 0.3) is 0 Å². The number of hydrogen-bond donors (Lipinski definition) is 2. The first kappa shape index (κ1) is 23.8. The Hall–Kier alpha value is -3.30. The number of carboxylic acid groups (broad SMARTS) is 1. The summed E-state index contributed by atoms with van der Waals surface area (Å²) in [7, 11) is 1.61. The third-order valence-electron chi connectivity index (χ3n) is 5.69. The summed E-state index contributed by atoms with van der Waals surface area (Å²) in [6, 6.07) is 14.9. The molecule has 0 saturated carbocycles. The summed E-state index contributed by atoms with van der Waals surface area (Å²) < 4.78 is 5.23. The molecule has 0 radical (unpaired) electrons. The molecule has 2 aromatic carbocycles. The smallest absolute Gasteiger partial charge is 0.407 e. The highest BCUT2D eigenvalue weighted by atomic mass is 35.5. The first-order valence-electron chi connectivity index (χ1n) is 10.8. The van der Waals surface area contributed by atoms with Crippen LogP contribution in [0.5, 0.6) is 5.75 Å². The molecule has 2 N–H and O–H groups in total. The number of nitrogens with one attached hydrogen (secondary N) is 1. The number of benzene rings is 2. The van der Waals surface area contributed by atoms with Gasteiger partial charge in [-0.15, -0.1) is 0 Å². The Kier molecular flexibility index (Phi) is 7.54. The second kappa shape index (κ2) is 10.8. The highest BCUT2D eigenvalue weighted by Gasteiger charge is 2.24. The Morgan fingerprint density at radius 3 is 2.47 bits per heavy atom. The quantitative estimate of drug-likeness (QED) is 0.462. The summed E-state index contributed by atoms with van der Waals surface area (Å²) >= 11 is 7.35. The van der Waals surface area contributed by atoms with Gasteiger partial charge < -0.3 is 25.0 Å². The highest BCUT2D eigenvalue weighted by Crippen LogP contribution is 2.27. The molecule has 0 unspecified atom stereocenters. The van der Waals surface area contributed by atoms with Gasteiger partial charge >= 0.3 is 6.09 Å². The second-order valence-corrected chi connectivity index (χ2v) is 9.40. The third kappa shape index (κ3) is 5.78. The van der Waals surface area contributed by atoms with Crippen LogP contribution in [0, 0.1) is 0 Å². The van der Waals surface area contributed by atoms with Crippen molar-refractivity contribution in [3.63, 3.8) is 0 Å². The number of methoxy groups -OCH3 is 1. The van der Waals surface area contributed by atoms with Gasteiger partial charge in [-0.05, 0) is 54.8 Å². The molecular formula is C24H25ClN4O4S. The summed E-state index contributed by atoms with van der Waals surface area (Å²) in [4.78, 5) is 32.6. The molecule has 1 aliphatic heterocycles. The number of likely N-dealkylation sites (tertiary alicyclic amines) is 1. The van der Waals surface area contributed by atoms with E-state index >= 15 is 0 Å². The van der Waals surface area contributed by atoms with Gasteiger partial charge in [0.15, 0.2) is 5.13 Å². The standard InChI is InChI=1S/C24H25ClN4O4S/c1-33-20-8-2-16(3-9-20)15-29(19-6-4-17(25)5-7-19)22(30)21-14-26-23(34-21)27-18-10-12-28(13-11-18)24(31)32/h2-9,14,18H,10-13,15H2,1H3,(H,26,27)(H,31,32). The minimum absolute atomic E-state index is 0.122. The molecule has 8 nitrogen and oxygen atoms in total. The Morgan fingerprint density at radius 2 is 1.85 bits per heavy atom. The van der Waals surface area contributed by atoms with E-state index in [0.29, 0.717) is 47.5 Å². The zero-order valence-electron chi connectivity index (χ0n) is 18.6. The third-order valence-corrected chi connectivity index (χ3v) is 6.86. The van der Waals surface area contributed by atoms with Crippen LogP contribution in [0.15, 0.2) is 54.7 Å². The Bertz CT molecular complexity index is 1130. The summed E-state index contributed by atoms with van der Waals surface area (Å²) in [6.07, 6.45) is 2.09. The van der Waals surface area contributed by atoms with Gasteiger partial charge in [-0.1, -0.05) is 35.1 Å². The van der Waals surface area contributed by atoms with Crippen molar-refractivity contribution in [3.8, 4) is 5.75 Å². The predicted molar refractivity (Wildman–Crippen MR) is 133 cm³/mol. The van der Waals surface area contributed by atoms with Crippen LogP contribution in [0.3, 0.4) is 0 Å². The molecule has 34 heavy (non-hydrogen) atoms. The molecule has 0 atom stereocenters. The lowest BCUT2D eigenvalue weighted by molar-refractivity contribution is 0.0988. The zero-order valence-corrected chi connectivity index (χ0v) is 20.2. The fraction of sp³-hybridized carbons (Fsp3) is 0.292. The van der Waals surface area contributed by atoms with Crippen molar-refractivity contribution in [3.05, 3.63) is 70.2 Å². The predicted octanol–water partition coefficient (Wildman–Crippen LogP) is 5.21. The number of thiazole rings is 1. The maximum Gasteiger partial charge on any atom is 0.407 e. The van der Waals surface area contributed by atoms with Crippen molar-refractivity contribution < 1.29 is 19.4 Å². The largest absolute Gasteiger partial charge is 0.497 e. The number of carbonyl (C=O) groups is 2. The number of aromatic nitrogens is 1. The number of ether oxygens (including phenoxy) is 1. The molecule has 0 spiro atoms. The van der Waals surface area contributed by atoms with Gasteiger partial charge in [-0.2, -0.15) is 0 Å². The van der Waals surface area contributed by atoms with Gasteiger partial charge in [0.05, 0.1) is 19.9 Å². The molecule has 1 saturated heterocycles. The van der Waals surface area contributed by atoms with Crippen LogP contribution in [0.1, 0.15) is 28.1 Å². The fourth-order valence-electron chi connectivity index (χ4n) is 3.78. The molecular weight excluding hydrogens is 476 g/mol. The molecule has 0 bridgehead atoms. The van der Waals surface area contributed by atoms with Gasteiger partial charge in [0.25, 0.3) is 5.91 Å². The summed E-state index contributed by atoms with van der Waals surface area (Å²) in [5, 5.41) is 13.7. The SMILES string of the molecule is COc1ccc(CN(C(=O)c2cnc(NC3CCN(C(=O)O)CC3)s2)c2ccc(Cl)cc2)cc1. The van der Waals surface area contributed by atoms with Gasteiger partial charge in [-0.25, -0.2) is 9.78 Å². The van der Waals surface area contributed by atoms with Crippen LogP contribution in [-0.4, -0.2) is 53.2 Å². The maximum absolute atomic E-state index is 13.5. The van der Waals surface area contributed by atoms with Crippen molar-refractivity contribution in [2.45, 2.75) is 25.4 Å².